The summed E-state index contributed by atoms with van der Waals surface area (Å²) < 4.78 is 2.17. The van der Waals surface area contributed by atoms with Gasteiger partial charge in [0.25, 0.3) is 0 Å². The fraction of sp³-hybridized carbons (Fsp3) is 0. The minimum absolute atomic E-state index is 0.575. The van der Waals surface area contributed by atoms with Gasteiger partial charge in [0.1, 0.15) is 0 Å². The summed E-state index contributed by atoms with van der Waals surface area (Å²) in [6.45, 7) is 0. The minimum Gasteiger partial charge on any atom is -0.278 e. The lowest BCUT2D eigenvalue weighted by Gasteiger charge is -2.19. The molecule has 49 heavy (non-hydrogen) atoms. The summed E-state index contributed by atoms with van der Waals surface area (Å²) in [4.78, 5) is 15.9. The highest BCUT2D eigenvalue weighted by Gasteiger charge is 2.23. The molecule has 0 unspecified atom stereocenters. The van der Waals surface area contributed by atoms with Crippen LogP contribution in [0.4, 0.5) is 0 Å². The summed E-state index contributed by atoms with van der Waals surface area (Å²) >= 11 is 0. The van der Waals surface area contributed by atoms with Crippen LogP contribution < -0.4 is 0 Å². The van der Waals surface area contributed by atoms with Gasteiger partial charge in [-0.15, -0.1) is 0 Å². The van der Waals surface area contributed by atoms with Gasteiger partial charge < -0.3 is 0 Å². The van der Waals surface area contributed by atoms with Gasteiger partial charge in [0.2, 0.25) is 5.95 Å². The fourth-order valence-electron chi connectivity index (χ4n) is 6.80. The molecular weight excluding hydrogens is 597 g/mol. The van der Waals surface area contributed by atoms with Crippen LogP contribution in [-0.2, 0) is 0 Å². The molecule has 0 bridgehead atoms. The molecule has 0 fully saturated rings. The molecule has 0 saturated carbocycles. The molecule has 4 heteroatoms. The van der Waals surface area contributed by atoms with Gasteiger partial charge in [-0.25, -0.2) is 4.98 Å². The summed E-state index contributed by atoms with van der Waals surface area (Å²) in [5.74, 6) is 1.81. The van der Waals surface area contributed by atoms with Gasteiger partial charge in [-0.05, 0) is 57.6 Å². The van der Waals surface area contributed by atoms with Crippen LogP contribution in [0.1, 0.15) is 0 Å². The van der Waals surface area contributed by atoms with Crippen molar-refractivity contribution < 1.29 is 0 Å². The standard InChI is InChI=1S/C45H30N4/c1-5-17-31(18-6-1)35-29-38(32-19-7-2-8-20-32)42(39(30-35)33-21-9-3-10-22-33)44-46-43(34-23-11-4-12-24-34)47-45(48-44)49-40-27-15-13-25-36(40)37-26-14-16-28-41(37)49/h1-30H. The van der Waals surface area contributed by atoms with E-state index in [1.807, 2.05) is 18.2 Å². The zero-order chi connectivity index (χ0) is 32.6. The topological polar surface area (TPSA) is 43.6 Å². The fourth-order valence-corrected chi connectivity index (χ4v) is 6.80. The molecule has 230 valence electrons. The van der Waals surface area contributed by atoms with Crippen LogP contribution >= 0.6 is 0 Å². The molecule has 0 aliphatic carbocycles. The highest BCUT2D eigenvalue weighted by atomic mass is 15.2. The summed E-state index contributed by atoms with van der Waals surface area (Å²) in [5, 5.41) is 2.31. The number of aromatic nitrogens is 4. The second-order valence-corrected chi connectivity index (χ2v) is 12.1. The van der Waals surface area contributed by atoms with Gasteiger partial charge in [0.15, 0.2) is 11.6 Å². The molecule has 0 radical (unpaired) electrons. The lowest BCUT2D eigenvalue weighted by molar-refractivity contribution is 0.954. The quantitative estimate of drug-likeness (QED) is 0.184. The van der Waals surface area contributed by atoms with Crippen LogP contribution in [0.25, 0.3) is 83.9 Å². The third kappa shape index (κ3) is 5.16. The zero-order valence-electron chi connectivity index (χ0n) is 26.6. The van der Waals surface area contributed by atoms with Gasteiger partial charge in [-0.1, -0.05) is 158 Å². The third-order valence-corrected chi connectivity index (χ3v) is 9.07. The molecule has 0 N–H and O–H groups in total. The van der Waals surface area contributed by atoms with Gasteiger partial charge >= 0.3 is 0 Å². The molecule has 7 aromatic carbocycles. The van der Waals surface area contributed by atoms with E-state index in [2.05, 4.69) is 168 Å². The van der Waals surface area contributed by atoms with Crippen molar-refractivity contribution >= 4 is 21.8 Å². The van der Waals surface area contributed by atoms with Crippen molar-refractivity contribution in [3.63, 3.8) is 0 Å². The lowest BCUT2D eigenvalue weighted by Crippen LogP contribution is -2.07. The maximum atomic E-state index is 5.39. The van der Waals surface area contributed by atoms with Crippen LogP contribution in [0.5, 0.6) is 0 Å². The van der Waals surface area contributed by atoms with E-state index in [1.54, 1.807) is 0 Å². The Kier molecular flexibility index (Phi) is 7.10. The SMILES string of the molecule is c1ccc(-c2cc(-c3ccccc3)c(-c3nc(-c4ccccc4)nc(-n4c5ccccc5c5ccccc54)n3)c(-c3ccccc3)c2)cc1. The number of nitrogens with zero attached hydrogens (tertiary/aromatic N) is 4. The number of rotatable bonds is 6. The van der Waals surface area contributed by atoms with Crippen LogP contribution in [0.15, 0.2) is 182 Å². The monoisotopic (exact) mass is 626 g/mol. The normalized spacial score (nSPS) is 11.3. The summed E-state index contributed by atoms with van der Waals surface area (Å²) in [7, 11) is 0. The van der Waals surface area contributed by atoms with Gasteiger partial charge in [-0.3, -0.25) is 4.57 Å². The van der Waals surface area contributed by atoms with E-state index < -0.39 is 0 Å². The molecule has 0 aliphatic heterocycles. The first-order chi connectivity index (χ1) is 24.3. The van der Waals surface area contributed by atoms with Gasteiger partial charge in [0, 0.05) is 21.9 Å². The second kappa shape index (κ2) is 12.2. The van der Waals surface area contributed by atoms with Crippen molar-refractivity contribution in [2.75, 3.05) is 0 Å². The first kappa shape index (κ1) is 28.6. The molecule has 2 heterocycles. The van der Waals surface area contributed by atoms with E-state index in [9.17, 15) is 0 Å². The molecule has 9 rings (SSSR count). The Morgan fingerprint density at radius 3 is 1.24 bits per heavy atom. The van der Waals surface area contributed by atoms with Crippen LogP contribution in [-0.4, -0.2) is 19.5 Å². The largest absolute Gasteiger partial charge is 0.278 e. The van der Waals surface area contributed by atoms with Crippen LogP contribution in [0, 0.1) is 0 Å². The molecule has 0 amide bonds. The first-order valence-electron chi connectivity index (χ1n) is 16.5. The molecule has 0 atom stereocenters. The molecule has 0 aliphatic rings. The van der Waals surface area contributed by atoms with E-state index in [-0.39, 0.29) is 0 Å². The number of hydrogen-bond acceptors (Lipinski definition) is 3. The van der Waals surface area contributed by atoms with E-state index in [4.69, 9.17) is 15.0 Å². The predicted octanol–water partition coefficient (Wildman–Crippen LogP) is 11.3. The Bertz CT molecular complexity index is 2460. The average Bonchev–Trinajstić information content (AvgIpc) is 3.53. The molecule has 2 aromatic heterocycles. The second-order valence-electron chi connectivity index (χ2n) is 12.1. The highest BCUT2D eigenvalue weighted by molar-refractivity contribution is 6.09. The van der Waals surface area contributed by atoms with Crippen LogP contribution in [0.2, 0.25) is 0 Å². The van der Waals surface area contributed by atoms with Gasteiger partial charge in [-0.2, -0.15) is 9.97 Å². The number of hydrogen-bond donors (Lipinski definition) is 0. The van der Waals surface area contributed by atoms with E-state index in [1.165, 1.54) is 0 Å². The van der Waals surface area contributed by atoms with Gasteiger partial charge in [0.05, 0.1) is 11.0 Å². The Hall–Kier alpha value is -6.65. The van der Waals surface area contributed by atoms with Crippen molar-refractivity contribution in [3.05, 3.63) is 182 Å². The Balaban J connectivity index is 1.41. The lowest BCUT2D eigenvalue weighted by atomic mass is 9.87. The average molecular weight is 627 g/mol. The van der Waals surface area contributed by atoms with Crippen molar-refractivity contribution in [1.29, 1.82) is 0 Å². The number of benzene rings is 7. The van der Waals surface area contributed by atoms with Crippen molar-refractivity contribution in [3.8, 4) is 62.1 Å². The number of fused-ring (bicyclic) bond motifs is 3. The summed E-state index contributed by atoms with van der Waals surface area (Å²) in [6.07, 6.45) is 0. The predicted molar refractivity (Wildman–Crippen MR) is 201 cm³/mol. The molecule has 9 aromatic rings. The van der Waals surface area contributed by atoms with E-state index in [0.29, 0.717) is 17.6 Å². The van der Waals surface area contributed by atoms with E-state index in [0.717, 1.165) is 66.3 Å². The Morgan fingerprint density at radius 1 is 0.327 bits per heavy atom. The molecular formula is C45H30N4. The van der Waals surface area contributed by atoms with Crippen molar-refractivity contribution in [1.82, 2.24) is 19.5 Å². The smallest absolute Gasteiger partial charge is 0.238 e. The van der Waals surface area contributed by atoms with E-state index >= 15 is 0 Å². The third-order valence-electron chi connectivity index (χ3n) is 9.07. The molecule has 0 spiro atoms. The first-order valence-corrected chi connectivity index (χ1v) is 16.5. The molecule has 4 nitrogen and oxygen atoms in total. The van der Waals surface area contributed by atoms with Crippen molar-refractivity contribution in [2.24, 2.45) is 0 Å². The van der Waals surface area contributed by atoms with Crippen molar-refractivity contribution in [2.45, 2.75) is 0 Å². The maximum Gasteiger partial charge on any atom is 0.238 e. The Labute approximate surface area is 284 Å². The summed E-state index contributed by atoms with van der Waals surface area (Å²) in [6, 6.07) is 63.3. The number of para-hydroxylation sites is 2. The zero-order valence-corrected chi connectivity index (χ0v) is 26.6. The maximum absolute atomic E-state index is 5.39. The summed E-state index contributed by atoms with van der Waals surface area (Å²) in [5.41, 5.74) is 10.5. The van der Waals surface area contributed by atoms with Crippen LogP contribution in [0.3, 0.4) is 0 Å². The highest BCUT2D eigenvalue weighted by Crippen LogP contribution is 2.43. The molecule has 0 saturated heterocycles. The minimum atomic E-state index is 0.575. The Morgan fingerprint density at radius 2 is 0.735 bits per heavy atom.